The Morgan fingerprint density at radius 3 is 2.83 bits per heavy atom. The highest BCUT2D eigenvalue weighted by atomic mass is 16.5. The van der Waals surface area contributed by atoms with Crippen molar-refractivity contribution >= 4 is 22.6 Å². The van der Waals surface area contributed by atoms with E-state index < -0.39 is 0 Å². The summed E-state index contributed by atoms with van der Waals surface area (Å²) in [5, 5.41) is 2.96. The van der Waals surface area contributed by atoms with Gasteiger partial charge in [0.15, 0.2) is 11.5 Å². The summed E-state index contributed by atoms with van der Waals surface area (Å²) in [4.78, 5) is 20.3. The van der Waals surface area contributed by atoms with Crippen LogP contribution in [0, 0.1) is 0 Å². The Kier molecular flexibility index (Phi) is 5.67. The van der Waals surface area contributed by atoms with E-state index in [0.29, 0.717) is 24.3 Å². The molecule has 0 unspecified atom stereocenters. The molecule has 1 aliphatic rings. The van der Waals surface area contributed by atoms with Crippen molar-refractivity contribution in [3.63, 3.8) is 0 Å². The van der Waals surface area contributed by atoms with Crippen LogP contribution in [-0.4, -0.2) is 36.7 Å². The van der Waals surface area contributed by atoms with E-state index in [1.54, 1.807) is 14.2 Å². The van der Waals surface area contributed by atoms with Gasteiger partial charge in [-0.25, -0.2) is 4.98 Å². The van der Waals surface area contributed by atoms with Gasteiger partial charge in [-0.1, -0.05) is 6.07 Å². The van der Waals surface area contributed by atoms with Gasteiger partial charge in [-0.05, 0) is 55.2 Å². The molecule has 2 N–H and O–H groups in total. The fourth-order valence-corrected chi connectivity index (χ4v) is 3.57. The van der Waals surface area contributed by atoms with Gasteiger partial charge in [0.25, 0.3) is 0 Å². The molecule has 1 aromatic heterocycles. The monoisotopic (exact) mass is 395 g/mol. The van der Waals surface area contributed by atoms with E-state index >= 15 is 0 Å². The zero-order chi connectivity index (χ0) is 20.2. The van der Waals surface area contributed by atoms with Crippen LogP contribution in [0.25, 0.3) is 11.0 Å². The zero-order valence-electron chi connectivity index (χ0n) is 16.7. The third-order valence-corrected chi connectivity index (χ3v) is 5.11. The van der Waals surface area contributed by atoms with E-state index in [2.05, 4.69) is 15.3 Å². The number of anilines is 1. The zero-order valence-corrected chi connectivity index (χ0v) is 16.7. The number of H-pyrrole nitrogens is 1. The maximum Gasteiger partial charge on any atom is 0.224 e. The van der Waals surface area contributed by atoms with Crippen molar-refractivity contribution in [1.29, 1.82) is 0 Å². The van der Waals surface area contributed by atoms with Crippen LogP contribution in [0.4, 0.5) is 5.69 Å². The predicted octanol–water partition coefficient (Wildman–Crippen LogP) is 4.00. The van der Waals surface area contributed by atoms with E-state index in [0.717, 1.165) is 47.6 Å². The Labute approximate surface area is 169 Å². The van der Waals surface area contributed by atoms with Crippen LogP contribution >= 0.6 is 0 Å². The van der Waals surface area contributed by atoms with E-state index in [1.165, 1.54) is 0 Å². The third-order valence-electron chi connectivity index (χ3n) is 5.11. The van der Waals surface area contributed by atoms with Gasteiger partial charge in [0, 0.05) is 18.7 Å². The number of methoxy groups -OCH3 is 2. The molecule has 0 radical (unpaired) electrons. The van der Waals surface area contributed by atoms with Crippen LogP contribution in [-0.2, 0) is 16.0 Å². The molecule has 7 heteroatoms. The molecule has 1 atom stereocenters. The molecule has 0 saturated carbocycles. The minimum Gasteiger partial charge on any atom is -0.493 e. The molecule has 3 aromatic rings. The Hall–Kier alpha value is -3.06. The molecule has 0 bridgehead atoms. The number of amides is 1. The molecule has 1 fully saturated rings. The minimum atomic E-state index is -0.0435. The molecule has 2 heterocycles. The standard InChI is InChI=1S/C22H25N3O4/c1-27-18-9-5-14(12-20(18)28-2)6-10-21(26)23-15-7-8-16-17(13-15)25-22(24-16)19-4-3-11-29-19/h5,7-9,12-13,19H,3-4,6,10-11H2,1-2H3,(H,23,26)(H,24,25)/t19-/m0/s1. The van der Waals surface area contributed by atoms with Gasteiger partial charge in [-0.2, -0.15) is 0 Å². The number of benzene rings is 2. The molecule has 1 aliphatic heterocycles. The second kappa shape index (κ2) is 8.53. The van der Waals surface area contributed by atoms with Gasteiger partial charge < -0.3 is 24.5 Å². The minimum absolute atomic E-state index is 0.0435. The quantitative estimate of drug-likeness (QED) is 0.631. The highest BCUT2D eigenvalue weighted by Gasteiger charge is 2.21. The molecule has 4 rings (SSSR count). The van der Waals surface area contributed by atoms with Gasteiger partial charge in [0.05, 0.1) is 25.3 Å². The number of nitrogens with one attached hydrogen (secondary N) is 2. The highest BCUT2D eigenvalue weighted by Crippen LogP contribution is 2.29. The lowest BCUT2D eigenvalue weighted by Crippen LogP contribution is -2.12. The van der Waals surface area contributed by atoms with Crippen molar-refractivity contribution in [3.8, 4) is 11.5 Å². The van der Waals surface area contributed by atoms with Gasteiger partial charge in [0.1, 0.15) is 11.9 Å². The molecule has 2 aromatic carbocycles. The van der Waals surface area contributed by atoms with Crippen LogP contribution in [0.2, 0.25) is 0 Å². The number of ether oxygens (including phenoxy) is 3. The van der Waals surface area contributed by atoms with E-state index in [1.807, 2.05) is 36.4 Å². The van der Waals surface area contributed by atoms with Crippen LogP contribution in [0.3, 0.4) is 0 Å². The molecule has 29 heavy (non-hydrogen) atoms. The summed E-state index contributed by atoms with van der Waals surface area (Å²) in [7, 11) is 3.20. The normalized spacial score (nSPS) is 16.1. The number of imidazole rings is 1. The van der Waals surface area contributed by atoms with Crippen LogP contribution in [0.15, 0.2) is 36.4 Å². The molecule has 1 saturated heterocycles. The summed E-state index contributed by atoms with van der Waals surface area (Å²) in [6, 6.07) is 11.4. The van der Waals surface area contributed by atoms with E-state index in [4.69, 9.17) is 14.2 Å². The topological polar surface area (TPSA) is 85.5 Å². The second-order valence-corrected chi connectivity index (χ2v) is 7.09. The average molecular weight is 395 g/mol. The second-order valence-electron chi connectivity index (χ2n) is 7.09. The van der Waals surface area contributed by atoms with Crippen LogP contribution in [0.5, 0.6) is 11.5 Å². The Balaban J connectivity index is 1.38. The fraction of sp³-hybridized carbons (Fsp3) is 0.364. The number of carbonyl (C=O) groups excluding carboxylic acids is 1. The number of carbonyl (C=O) groups is 1. The molecule has 0 aliphatic carbocycles. The summed E-state index contributed by atoms with van der Waals surface area (Å²) in [5.41, 5.74) is 3.53. The van der Waals surface area contributed by atoms with Crippen molar-refractivity contribution in [2.45, 2.75) is 31.8 Å². The number of hydrogen-bond donors (Lipinski definition) is 2. The Morgan fingerprint density at radius 1 is 1.21 bits per heavy atom. The van der Waals surface area contributed by atoms with Crippen molar-refractivity contribution in [1.82, 2.24) is 9.97 Å². The summed E-state index contributed by atoms with van der Waals surface area (Å²) >= 11 is 0. The highest BCUT2D eigenvalue weighted by molar-refractivity contribution is 5.93. The van der Waals surface area contributed by atoms with Gasteiger partial charge in [-0.3, -0.25) is 4.79 Å². The molecule has 1 amide bonds. The Bertz CT molecular complexity index is 1010. The van der Waals surface area contributed by atoms with Crippen molar-refractivity contribution in [3.05, 3.63) is 47.8 Å². The number of aryl methyl sites for hydroxylation is 1. The van der Waals surface area contributed by atoms with Gasteiger partial charge >= 0.3 is 0 Å². The first kappa shape index (κ1) is 19.3. The van der Waals surface area contributed by atoms with Crippen molar-refractivity contribution < 1.29 is 19.0 Å². The number of fused-ring (bicyclic) bond motifs is 1. The molecule has 7 nitrogen and oxygen atoms in total. The number of hydrogen-bond acceptors (Lipinski definition) is 5. The largest absolute Gasteiger partial charge is 0.493 e. The Morgan fingerprint density at radius 2 is 2.07 bits per heavy atom. The van der Waals surface area contributed by atoms with Crippen molar-refractivity contribution in [2.24, 2.45) is 0 Å². The third kappa shape index (κ3) is 4.35. The summed E-state index contributed by atoms with van der Waals surface area (Å²) in [6.45, 7) is 0.781. The first-order valence-electron chi connectivity index (χ1n) is 9.78. The predicted molar refractivity (Wildman–Crippen MR) is 111 cm³/mol. The van der Waals surface area contributed by atoms with E-state index in [-0.39, 0.29) is 12.0 Å². The maximum atomic E-state index is 12.4. The lowest BCUT2D eigenvalue weighted by Gasteiger charge is -2.10. The fourth-order valence-electron chi connectivity index (χ4n) is 3.57. The molecule has 152 valence electrons. The first-order valence-corrected chi connectivity index (χ1v) is 9.78. The average Bonchev–Trinajstić information content (AvgIpc) is 3.41. The van der Waals surface area contributed by atoms with E-state index in [9.17, 15) is 4.79 Å². The molecular formula is C22H25N3O4. The summed E-state index contributed by atoms with van der Waals surface area (Å²) in [6.07, 6.45) is 3.07. The maximum absolute atomic E-state index is 12.4. The van der Waals surface area contributed by atoms with Crippen molar-refractivity contribution in [2.75, 3.05) is 26.1 Å². The van der Waals surface area contributed by atoms with Crippen LogP contribution < -0.4 is 14.8 Å². The lowest BCUT2D eigenvalue weighted by molar-refractivity contribution is -0.116. The molecular weight excluding hydrogens is 370 g/mol. The van der Waals surface area contributed by atoms with Gasteiger partial charge in [0.2, 0.25) is 5.91 Å². The number of aromatic amines is 1. The van der Waals surface area contributed by atoms with Crippen LogP contribution in [0.1, 0.15) is 36.8 Å². The number of aromatic nitrogens is 2. The smallest absolute Gasteiger partial charge is 0.224 e. The summed E-state index contributed by atoms with van der Waals surface area (Å²) in [5.74, 6) is 2.15. The summed E-state index contributed by atoms with van der Waals surface area (Å²) < 4.78 is 16.2. The van der Waals surface area contributed by atoms with Gasteiger partial charge in [-0.15, -0.1) is 0 Å². The lowest BCUT2D eigenvalue weighted by atomic mass is 10.1. The first-order chi connectivity index (χ1) is 14.2. The molecule has 0 spiro atoms. The number of nitrogens with zero attached hydrogens (tertiary/aromatic N) is 1. The number of rotatable bonds is 7. The SMILES string of the molecule is COc1ccc(CCC(=O)Nc2ccc3nc([C@@H]4CCCO4)[nH]c3c2)cc1OC.